The highest BCUT2D eigenvalue weighted by Crippen LogP contribution is 2.29. The summed E-state index contributed by atoms with van der Waals surface area (Å²) in [6.07, 6.45) is 1.67. The summed E-state index contributed by atoms with van der Waals surface area (Å²) in [4.78, 5) is 16.8. The van der Waals surface area contributed by atoms with Crippen LogP contribution < -0.4 is 15.4 Å². The van der Waals surface area contributed by atoms with E-state index in [1.165, 1.54) is 0 Å². The molecule has 0 fully saturated rings. The number of amides is 1. The Morgan fingerprint density at radius 2 is 1.74 bits per heavy atom. The minimum Gasteiger partial charge on any atom is -0.455 e. The van der Waals surface area contributed by atoms with Crippen LogP contribution in [0.4, 0.5) is 11.4 Å². The van der Waals surface area contributed by atoms with Crippen LogP contribution in [0.15, 0.2) is 72.9 Å². The maximum absolute atomic E-state index is 12.5. The van der Waals surface area contributed by atoms with Crippen LogP contribution in [0.5, 0.6) is 11.5 Å². The highest BCUT2D eigenvalue weighted by Gasteiger charge is 2.11. The number of nitrogens with zero attached hydrogens (tertiary/aromatic N) is 1. The molecule has 0 aliphatic heterocycles. The molecule has 0 aliphatic carbocycles. The van der Waals surface area contributed by atoms with E-state index in [1.54, 1.807) is 18.3 Å². The third kappa shape index (κ3) is 5.31. The van der Waals surface area contributed by atoms with E-state index < -0.39 is 0 Å². The van der Waals surface area contributed by atoms with E-state index in [4.69, 9.17) is 4.74 Å². The smallest absolute Gasteiger partial charge is 0.274 e. The van der Waals surface area contributed by atoms with Gasteiger partial charge in [-0.2, -0.15) is 0 Å². The van der Waals surface area contributed by atoms with Crippen molar-refractivity contribution in [2.24, 2.45) is 5.92 Å². The molecule has 3 aromatic rings. The number of carbonyl (C=O) groups excluding carboxylic acids is 1. The number of hydrogen-bond donors (Lipinski definition) is 2. The summed E-state index contributed by atoms with van der Waals surface area (Å²) in [5.74, 6) is 1.54. The van der Waals surface area contributed by atoms with E-state index in [0.29, 0.717) is 28.8 Å². The Kier molecular flexibility index (Phi) is 6.05. The van der Waals surface area contributed by atoms with Gasteiger partial charge in [-0.1, -0.05) is 44.2 Å². The molecule has 0 unspecified atom stereocenters. The lowest BCUT2D eigenvalue weighted by Gasteiger charge is -2.12. The molecule has 138 valence electrons. The lowest BCUT2D eigenvalue weighted by molar-refractivity contribution is 0.102. The van der Waals surface area contributed by atoms with Crippen LogP contribution in [-0.4, -0.2) is 17.4 Å². The number of anilines is 2. The van der Waals surface area contributed by atoms with Crippen LogP contribution in [0.3, 0.4) is 0 Å². The van der Waals surface area contributed by atoms with Crippen LogP contribution in [0.1, 0.15) is 24.3 Å². The second kappa shape index (κ2) is 8.85. The zero-order valence-corrected chi connectivity index (χ0v) is 15.5. The zero-order valence-electron chi connectivity index (χ0n) is 15.5. The van der Waals surface area contributed by atoms with Gasteiger partial charge in [-0.25, -0.2) is 4.98 Å². The highest BCUT2D eigenvalue weighted by atomic mass is 16.5. The second-order valence-electron chi connectivity index (χ2n) is 6.57. The van der Waals surface area contributed by atoms with Gasteiger partial charge in [0.25, 0.3) is 5.91 Å². The molecule has 2 aromatic carbocycles. The molecule has 0 radical (unpaired) electrons. The van der Waals surface area contributed by atoms with Crippen molar-refractivity contribution >= 4 is 17.3 Å². The van der Waals surface area contributed by atoms with Crippen molar-refractivity contribution in [2.45, 2.75) is 13.8 Å². The van der Waals surface area contributed by atoms with Crippen LogP contribution in [0, 0.1) is 5.92 Å². The van der Waals surface area contributed by atoms with Crippen molar-refractivity contribution in [1.82, 2.24) is 4.98 Å². The number of rotatable bonds is 7. The molecule has 0 aliphatic rings. The summed E-state index contributed by atoms with van der Waals surface area (Å²) in [6, 6.07) is 20.3. The fourth-order valence-electron chi connectivity index (χ4n) is 2.42. The Morgan fingerprint density at radius 3 is 2.44 bits per heavy atom. The van der Waals surface area contributed by atoms with Crippen molar-refractivity contribution < 1.29 is 9.53 Å². The van der Waals surface area contributed by atoms with Gasteiger partial charge >= 0.3 is 0 Å². The number of pyridine rings is 1. The number of para-hydroxylation sites is 3. The van der Waals surface area contributed by atoms with E-state index in [-0.39, 0.29) is 5.91 Å². The Hall–Kier alpha value is -3.34. The van der Waals surface area contributed by atoms with Crippen molar-refractivity contribution in [3.63, 3.8) is 0 Å². The van der Waals surface area contributed by atoms with Gasteiger partial charge in [-0.3, -0.25) is 4.79 Å². The average Bonchev–Trinajstić information content (AvgIpc) is 2.69. The zero-order chi connectivity index (χ0) is 19.1. The molecule has 5 nitrogen and oxygen atoms in total. The molecule has 2 N–H and O–H groups in total. The number of hydrogen-bond acceptors (Lipinski definition) is 4. The molecule has 3 rings (SSSR count). The van der Waals surface area contributed by atoms with Crippen molar-refractivity contribution in [3.05, 3.63) is 78.6 Å². The quantitative estimate of drug-likeness (QED) is 0.607. The lowest BCUT2D eigenvalue weighted by atomic mass is 10.2. The molecule has 1 aromatic heterocycles. The molecule has 0 saturated heterocycles. The molecule has 0 bridgehead atoms. The molecule has 0 saturated carbocycles. The normalized spacial score (nSPS) is 10.5. The van der Waals surface area contributed by atoms with Gasteiger partial charge in [-0.15, -0.1) is 0 Å². The highest BCUT2D eigenvalue weighted by molar-refractivity contribution is 6.03. The molecule has 0 atom stereocenters. The van der Waals surface area contributed by atoms with E-state index in [2.05, 4.69) is 29.5 Å². The average molecular weight is 361 g/mol. The predicted molar refractivity (Wildman–Crippen MR) is 108 cm³/mol. The summed E-state index contributed by atoms with van der Waals surface area (Å²) < 4.78 is 5.87. The molecular weight excluding hydrogens is 338 g/mol. The van der Waals surface area contributed by atoms with Crippen LogP contribution in [0.25, 0.3) is 0 Å². The van der Waals surface area contributed by atoms with Gasteiger partial charge in [0.1, 0.15) is 11.4 Å². The number of nitrogens with one attached hydrogen (secondary N) is 2. The summed E-state index contributed by atoms with van der Waals surface area (Å²) in [5.41, 5.74) is 1.84. The number of aromatic nitrogens is 1. The largest absolute Gasteiger partial charge is 0.455 e. The van der Waals surface area contributed by atoms with E-state index >= 15 is 0 Å². The monoisotopic (exact) mass is 361 g/mol. The molecule has 1 amide bonds. The third-order valence-corrected chi connectivity index (χ3v) is 3.82. The number of benzene rings is 2. The lowest BCUT2D eigenvalue weighted by Crippen LogP contribution is -2.14. The van der Waals surface area contributed by atoms with Crippen molar-refractivity contribution in [1.29, 1.82) is 0 Å². The van der Waals surface area contributed by atoms with Crippen LogP contribution in [-0.2, 0) is 0 Å². The maximum atomic E-state index is 12.5. The van der Waals surface area contributed by atoms with E-state index in [0.717, 1.165) is 12.2 Å². The Morgan fingerprint density at radius 1 is 1.00 bits per heavy atom. The molecule has 5 heteroatoms. The third-order valence-electron chi connectivity index (χ3n) is 3.82. The maximum Gasteiger partial charge on any atom is 0.274 e. The second-order valence-corrected chi connectivity index (χ2v) is 6.57. The van der Waals surface area contributed by atoms with E-state index in [9.17, 15) is 4.79 Å². The summed E-state index contributed by atoms with van der Waals surface area (Å²) in [5, 5.41) is 6.15. The SMILES string of the molecule is CC(C)CNc1ccc(C(=O)Nc2ccccc2Oc2ccccc2)nc1. The minimum absolute atomic E-state index is 0.283. The Labute approximate surface area is 159 Å². The first-order chi connectivity index (χ1) is 13.1. The molecular formula is C22H23N3O2. The van der Waals surface area contributed by atoms with Gasteiger partial charge in [0.2, 0.25) is 0 Å². The number of ether oxygens (including phenoxy) is 1. The van der Waals surface area contributed by atoms with Crippen LogP contribution >= 0.6 is 0 Å². The molecule has 1 heterocycles. The van der Waals surface area contributed by atoms with Gasteiger partial charge in [0.05, 0.1) is 17.6 Å². The molecule has 27 heavy (non-hydrogen) atoms. The van der Waals surface area contributed by atoms with E-state index in [1.807, 2.05) is 54.6 Å². The fraction of sp³-hybridized carbons (Fsp3) is 0.182. The van der Waals surface area contributed by atoms with Crippen molar-refractivity contribution in [2.75, 3.05) is 17.2 Å². The Balaban J connectivity index is 1.69. The summed E-state index contributed by atoms with van der Waals surface area (Å²) >= 11 is 0. The van der Waals surface area contributed by atoms with Gasteiger partial charge in [0.15, 0.2) is 5.75 Å². The van der Waals surface area contributed by atoms with Crippen LogP contribution in [0.2, 0.25) is 0 Å². The summed E-state index contributed by atoms with van der Waals surface area (Å²) in [7, 11) is 0. The minimum atomic E-state index is -0.283. The first-order valence-electron chi connectivity index (χ1n) is 8.95. The first-order valence-corrected chi connectivity index (χ1v) is 8.95. The van der Waals surface area contributed by atoms with Gasteiger partial charge < -0.3 is 15.4 Å². The standard InChI is InChI=1S/C22H23N3O2/c1-16(2)14-23-17-12-13-20(24-15-17)22(26)25-19-10-6-7-11-21(19)27-18-8-4-3-5-9-18/h3-13,15-16,23H,14H2,1-2H3,(H,25,26). The fourth-order valence-corrected chi connectivity index (χ4v) is 2.42. The molecule has 0 spiro atoms. The topological polar surface area (TPSA) is 63.2 Å². The predicted octanol–water partition coefficient (Wildman–Crippen LogP) is 5.19. The summed E-state index contributed by atoms with van der Waals surface area (Å²) in [6.45, 7) is 5.13. The van der Waals surface area contributed by atoms with Crippen molar-refractivity contribution in [3.8, 4) is 11.5 Å². The van der Waals surface area contributed by atoms with Gasteiger partial charge in [0, 0.05) is 6.54 Å². The number of carbonyl (C=O) groups is 1. The Bertz CT molecular complexity index is 878. The van der Waals surface area contributed by atoms with Gasteiger partial charge in [-0.05, 0) is 42.3 Å². The first kappa shape index (κ1) is 18.5.